The van der Waals surface area contributed by atoms with Gasteiger partial charge in [-0.1, -0.05) is 46.3 Å². The van der Waals surface area contributed by atoms with Crippen LogP contribution in [0.15, 0.2) is 53.0 Å². The first kappa shape index (κ1) is 15.8. The summed E-state index contributed by atoms with van der Waals surface area (Å²) in [7, 11) is 0. The molecule has 0 aliphatic carbocycles. The monoisotopic (exact) mass is 377 g/mol. The van der Waals surface area contributed by atoms with Gasteiger partial charge in [0.1, 0.15) is 5.82 Å². The normalized spacial score (nSPS) is 12.6. The molecule has 1 unspecified atom stereocenters. The summed E-state index contributed by atoms with van der Waals surface area (Å²) in [5.41, 5.74) is 1.52. The molecule has 0 spiro atoms. The number of nitrogens with one attached hydrogen (secondary N) is 1. The van der Waals surface area contributed by atoms with E-state index in [1.54, 1.807) is 12.1 Å². The lowest BCUT2D eigenvalue weighted by Gasteiger charge is -2.18. The molecule has 1 aromatic heterocycles. The van der Waals surface area contributed by atoms with Gasteiger partial charge in [0.05, 0.1) is 11.6 Å². The number of benzene rings is 2. The molecule has 0 amide bonds. The van der Waals surface area contributed by atoms with Crippen molar-refractivity contribution in [2.75, 3.05) is 5.32 Å². The van der Waals surface area contributed by atoms with Gasteiger partial charge in [0.25, 0.3) is 6.43 Å². The maximum Gasteiger partial charge on any atom is 0.297 e. The molecular weight excluding hydrogens is 364 g/mol. The maximum atomic E-state index is 13.0. The molecule has 118 valence electrons. The summed E-state index contributed by atoms with van der Waals surface area (Å²) in [6.45, 7) is 1.96. The molecule has 1 heterocycles. The number of hydrogen-bond acceptors (Lipinski definition) is 3. The average molecular weight is 378 g/mol. The molecule has 0 bridgehead atoms. The predicted octanol–water partition coefficient (Wildman–Crippen LogP) is 5.50. The summed E-state index contributed by atoms with van der Waals surface area (Å²) in [5, 5.41) is 3.94. The van der Waals surface area contributed by atoms with Crippen LogP contribution in [0.1, 0.15) is 30.8 Å². The Hall–Kier alpha value is -2.08. The fraction of sp³-hybridized carbons (Fsp3) is 0.176. The van der Waals surface area contributed by atoms with Gasteiger partial charge in [0, 0.05) is 9.86 Å². The van der Waals surface area contributed by atoms with Gasteiger partial charge in [0.2, 0.25) is 0 Å². The summed E-state index contributed by atoms with van der Waals surface area (Å²) in [6.07, 6.45) is -2.71. The number of para-hydroxylation sites is 1. The molecule has 2 aromatic carbocycles. The number of hydrogen-bond donors (Lipinski definition) is 1. The molecule has 0 aliphatic rings. The van der Waals surface area contributed by atoms with E-state index in [1.807, 2.05) is 43.3 Å². The Morgan fingerprint density at radius 2 is 1.70 bits per heavy atom. The standard InChI is InChI=1S/C17H14BrF2N3/c1-10(11-6-2-4-8-13(11)18)21-16-12-7-3-5-9-14(12)22-17(23-16)15(19)20/h2-10,15H,1H3,(H,21,22,23). The summed E-state index contributed by atoms with van der Waals surface area (Å²) < 4.78 is 27.0. The van der Waals surface area contributed by atoms with E-state index in [-0.39, 0.29) is 6.04 Å². The lowest BCUT2D eigenvalue weighted by Crippen LogP contribution is -2.11. The second-order valence-electron chi connectivity index (χ2n) is 5.14. The highest BCUT2D eigenvalue weighted by Gasteiger charge is 2.17. The van der Waals surface area contributed by atoms with E-state index >= 15 is 0 Å². The van der Waals surface area contributed by atoms with Crippen LogP contribution in [0.25, 0.3) is 10.9 Å². The Morgan fingerprint density at radius 3 is 2.43 bits per heavy atom. The van der Waals surface area contributed by atoms with Crippen molar-refractivity contribution in [2.45, 2.75) is 19.4 Å². The highest BCUT2D eigenvalue weighted by Crippen LogP contribution is 2.29. The van der Waals surface area contributed by atoms with E-state index in [9.17, 15) is 8.78 Å². The molecule has 3 rings (SSSR count). The van der Waals surface area contributed by atoms with Crippen molar-refractivity contribution >= 4 is 32.7 Å². The third kappa shape index (κ3) is 3.32. The molecule has 0 saturated heterocycles. The Bertz CT molecular complexity index is 839. The van der Waals surface area contributed by atoms with Gasteiger partial charge in [-0.15, -0.1) is 0 Å². The van der Waals surface area contributed by atoms with E-state index < -0.39 is 12.2 Å². The molecule has 6 heteroatoms. The number of anilines is 1. The van der Waals surface area contributed by atoms with Crippen LogP contribution in [-0.2, 0) is 0 Å². The number of aromatic nitrogens is 2. The summed E-state index contributed by atoms with van der Waals surface area (Å²) in [5.74, 6) is -0.0559. The first-order valence-corrected chi connectivity index (χ1v) is 7.91. The lowest BCUT2D eigenvalue weighted by atomic mass is 10.1. The van der Waals surface area contributed by atoms with Crippen molar-refractivity contribution in [3.05, 3.63) is 64.4 Å². The molecule has 1 N–H and O–H groups in total. The van der Waals surface area contributed by atoms with Gasteiger partial charge in [-0.25, -0.2) is 18.7 Å². The minimum absolute atomic E-state index is 0.102. The summed E-state index contributed by atoms with van der Waals surface area (Å²) in [6, 6.07) is 14.8. The van der Waals surface area contributed by atoms with Crippen molar-refractivity contribution in [1.29, 1.82) is 0 Å². The van der Waals surface area contributed by atoms with Crippen molar-refractivity contribution in [1.82, 2.24) is 9.97 Å². The third-order valence-corrected chi connectivity index (χ3v) is 4.26. The largest absolute Gasteiger partial charge is 0.363 e. The van der Waals surface area contributed by atoms with Crippen LogP contribution in [-0.4, -0.2) is 9.97 Å². The van der Waals surface area contributed by atoms with Crippen LogP contribution in [0, 0.1) is 0 Å². The van der Waals surface area contributed by atoms with Crippen molar-refractivity contribution in [3.63, 3.8) is 0 Å². The van der Waals surface area contributed by atoms with Crippen LogP contribution in [0.3, 0.4) is 0 Å². The fourth-order valence-electron chi connectivity index (χ4n) is 2.41. The van der Waals surface area contributed by atoms with Crippen LogP contribution >= 0.6 is 15.9 Å². The highest BCUT2D eigenvalue weighted by atomic mass is 79.9. The zero-order valence-corrected chi connectivity index (χ0v) is 13.9. The number of halogens is 3. The highest BCUT2D eigenvalue weighted by molar-refractivity contribution is 9.10. The second kappa shape index (κ2) is 6.58. The molecular formula is C17H14BrF2N3. The predicted molar refractivity (Wildman–Crippen MR) is 90.7 cm³/mol. The molecule has 3 aromatic rings. The average Bonchev–Trinajstić information content (AvgIpc) is 2.55. The summed E-state index contributed by atoms with van der Waals surface area (Å²) >= 11 is 3.50. The minimum atomic E-state index is -2.71. The van der Waals surface area contributed by atoms with E-state index in [0.29, 0.717) is 11.3 Å². The van der Waals surface area contributed by atoms with Crippen molar-refractivity contribution in [3.8, 4) is 0 Å². The fourth-order valence-corrected chi connectivity index (χ4v) is 3.04. The van der Waals surface area contributed by atoms with Gasteiger partial charge < -0.3 is 5.32 Å². The van der Waals surface area contributed by atoms with E-state index in [2.05, 4.69) is 31.2 Å². The molecule has 0 aliphatic heterocycles. The Labute approximate surface area is 140 Å². The molecule has 1 atom stereocenters. The Morgan fingerprint density at radius 1 is 1.00 bits per heavy atom. The molecule has 3 nitrogen and oxygen atoms in total. The Kier molecular flexibility index (Phi) is 4.52. The number of alkyl halides is 2. The minimum Gasteiger partial charge on any atom is -0.363 e. The molecule has 0 fully saturated rings. The van der Waals surface area contributed by atoms with Crippen LogP contribution in [0.5, 0.6) is 0 Å². The molecule has 0 radical (unpaired) electrons. The number of rotatable bonds is 4. The molecule has 23 heavy (non-hydrogen) atoms. The number of nitrogens with zero attached hydrogens (tertiary/aromatic N) is 2. The first-order chi connectivity index (χ1) is 11.1. The zero-order valence-electron chi connectivity index (χ0n) is 12.3. The first-order valence-electron chi connectivity index (χ1n) is 7.12. The van der Waals surface area contributed by atoms with Gasteiger partial charge in [-0.3, -0.25) is 0 Å². The second-order valence-corrected chi connectivity index (χ2v) is 5.99. The zero-order chi connectivity index (χ0) is 16.4. The van der Waals surface area contributed by atoms with E-state index in [4.69, 9.17) is 0 Å². The van der Waals surface area contributed by atoms with Gasteiger partial charge >= 0.3 is 0 Å². The number of fused-ring (bicyclic) bond motifs is 1. The van der Waals surface area contributed by atoms with Crippen molar-refractivity contribution in [2.24, 2.45) is 0 Å². The summed E-state index contributed by atoms with van der Waals surface area (Å²) in [4.78, 5) is 7.93. The van der Waals surface area contributed by atoms with Gasteiger partial charge in [0.15, 0.2) is 5.82 Å². The quantitative estimate of drug-likeness (QED) is 0.651. The lowest BCUT2D eigenvalue weighted by molar-refractivity contribution is 0.141. The maximum absolute atomic E-state index is 13.0. The van der Waals surface area contributed by atoms with Gasteiger partial charge in [-0.2, -0.15) is 0 Å². The Balaban J connectivity index is 2.03. The van der Waals surface area contributed by atoms with Crippen molar-refractivity contribution < 1.29 is 8.78 Å². The van der Waals surface area contributed by atoms with Crippen LogP contribution in [0.4, 0.5) is 14.6 Å². The van der Waals surface area contributed by atoms with Gasteiger partial charge in [-0.05, 0) is 30.7 Å². The topological polar surface area (TPSA) is 37.8 Å². The van der Waals surface area contributed by atoms with Crippen LogP contribution in [0.2, 0.25) is 0 Å². The third-order valence-electron chi connectivity index (χ3n) is 3.54. The smallest absolute Gasteiger partial charge is 0.297 e. The van der Waals surface area contributed by atoms with E-state index in [0.717, 1.165) is 15.4 Å². The SMILES string of the molecule is CC(Nc1nc(C(F)F)nc2ccccc12)c1ccccc1Br. The molecule has 0 saturated carbocycles. The van der Waals surface area contributed by atoms with E-state index in [1.165, 1.54) is 0 Å². The van der Waals surface area contributed by atoms with Crippen LogP contribution < -0.4 is 5.32 Å².